The predicted octanol–water partition coefficient (Wildman–Crippen LogP) is 5.44. The molecule has 1 aromatic heterocycles. The first-order valence-electron chi connectivity index (χ1n) is 7.26. The highest BCUT2D eigenvalue weighted by molar-refractivity contribution is 8.00. The van der Waals surface area contributed by atoms with Crippen LogP contribution >= 0.6 is 23.5 Å². The van der Waals surface area contributed by atoms with Crippen molar-refractivity contribution in [2.75, 3.05) is 11.8 Å². The largest absolute Gasteiger partial charge is 0.464 e. The van der Waals surface area contributed by atoms with Gasteiger partial charge in [-0.3, -0.25) is 0 Å². The smallest absolute Gasteiger partial charge is 0.135 e. The molecule has 0 bridgehead atoms. The molecular weight excluding hydrogens is 328 g/mol. The lowest BCUT2D eigenvalue weighted by Crippen LogP contribution is -2.05. The molecule has 2 aromatic carbocycles. The van der Waals surface area contributed by atoms with E-state index in [-0.39, 0.29) is 0 Å². The third kappa shape index (κ3) is 4.10. The fourth-order valence-corrected chi connectivity index (χ4v) is 3.05. The Labute approximate surface area is 145 Å². The van der Waals surface area contributed by atoms with Crippen molar-refractivity contribution in [3.63, 3.8) is 0 Å². The van der Waals surface area contributed by atoms with Crippen LogP contribution in [0.25, 0.3) is 11.3 Å². The summed E-state index contributed by atoms with van der Waals surface area (Å²) in [6, 6.07) is 17.9. The van der Waals surface area contributed by atoms with Crippen molar-refractivity contribution in [1.29, 1.82) is 0 Å². The molecule has 0 saturated carbocycles. The first kappa shape index (κ1) is 16.0. The molecule has 23 heavy (non-hydrogen) atoms. The molecule has 3 rings (SSSR count). The molecule has 0 fully saturated rings. The van der Waals surface area contributed by atoms with E-state index < -0.39 is 0 Å². The van der Waals surface area contributed by atoms with Gasteiger partial charge in [0.15, 0.2) is 0 Å². The van der Waals surface area contributed by atoms with Crippen LogP contribution in [0.5, 0.6) is 0 Å². The van der Waals surface area contributed by atoms with Crippen molar-refractivity contribution in [3.8, 4) is 11.3 Å². The minimum Gasteiger partial charge on any atom is -0.464 e. The minimum absolute atomic E-state index is 0.738. The normalized spacial score (nSPS) is 10.7. The SMILES string of the molecule is CNCc1ccc(-c2ccco2)c(NSc2ccc(Cl)cc2)c1. The predicted molar refractivity (Wildman–Crippen MR) is 97.8 cm³/mol. The third-order valence-corrected chi connectivity index (χ3v) is 4.43. The number of nitrogens with one attached hydrogen (secondary N) is 2. The highest BCUT2D eigenvalue weighted by Crippen LogP contribution is 2.33. The molecule has 0 atom stereocenters. The highest BCUT2D eigenvalue weighted by atomic mass is 35.5. The number of anilines is 1. The van der Waals surface area contributed by atoms with Crippen LogP contribution in [0.2, 0.25) is 5.02 Å². The number of benzene rings is 2. The topological polar surface area (TPSA) is 37.2 Å². The standard InChI is InChI=1S/C18H17ClN2OS/c1-20-12-13-4-9-16(18-3-2-10-22-18)17(11-13)21-23-15-7-5-14(19)6-8-15/h2-11,20-21H,12H2,1H3. The average Bonchev–Trinajstić information content (AvgIpc) is 3.09. The van der Waals surface area contributed by atoms with Gasteiger partial charge in [0.25, 0.3) is 0 Å². The van der Waals surface area contributed by atoms with Crippen molar-refractivity contribution >= 4 is 29.2 Å². The summed E-state index contributed by atoms with van der Waals surface area (Å²) in [6.07, 6.45) is 1.69. The fraction of sp³-hybridized carbons (Fsp3) is 0.111. The maximum absolute atomic E-state index is 5.93. The molecule has 5 heteroatoms. The van der Waals surface area contributed by atoms with E-state index in [0.29, 0.717) is 0 Å². The van der Waals surface area contributed by atoms with Gasteiger partial charge < -0.3 is 14.5 Å². The molecule has 0 aliphatic heterocycles. The van der Waals surface area contributed by atoms with Crippen molar-refractivity contribution in [3.05, 3.63) is 71.4 Å². The molecule has 3 aromatic rings. The van der Waals surface area contributed by atoms with E-state index in [4.69, 9.17) is 16.0 Å². The molecular formula is C18H17ClN2OS. The van der Waals surface area contributed by atoms with Crippen LogP contribution in [-0.2, 0) is 6.54 Å². The van der Waals surface area contributed by atoms with Gasteiger partial charge >= 0.3 is 0 Å². The number of halogens is 1. The molecule has 0 aliphatic rings. The monoisotopic (exact) mass is 344 g/mol. The van der Waals surface area contributed by atoms with E-state index >= 15 is 0 Å². The Hall–Kier alpha value is -1.88. The second-order valence-electron chi connectivity index (χ2n) is 5.05. The molecule has 0 aliphatic carbocycles. The lowest BCUT2D eigenvalue weighted by atomic mass is 10.1. The lowest BCUT2D eigenvalue weighted by Gasteiger charge is -2.12. The van der Waals surface area contributed by atoms with Crippen LogP contribution in [0.3, 0.4) is 0 Å². The Morgan fingerprint density at radius 1 is 1.09 bits per heavy atom. The van der Waals surface area contributed by atoms with Crippen LogP contribution in [0.15, 0.2) is 70.2 Å². The average molecular weight is 345 g/mol. The first-order chi connectivity index (χ1) is 11.3. The maximum Gasteiger partial charge on any atom is 0.135 e. The van der Waals surface area contributed by atoms with Crippen LogP contribution in [0, 0.1) is 0 Å². The summed E-state index contributed by atoms with van der Waals surface area (Å²) in [5.41, 5.74) is 3.27. The molecule has 118 valence electrons. The third-order valence-electron chi connectivity index (χ3n) is 3.34. The van der Waals surface area contributed by atoms with Gasteiger partial charge in [0.05, 0.1) is 12.0 Å². The summed E-state index contributed by atoms with van der Waals surface area (Å²) in [4.78, 5) is 1.10. The molecule has 0 unspecified atom stereocenters. The van der Waals surface area contributed by atoms with E-state index in [2.05, 4.69) is 28.2 Å². The van der Waals surface area contributed by atoms with Crippen molar-refractivity contribution in [2.24, 2.45) is 0 Å². The number of hydrogen-bond acceptors (Lipinski definition) is 4. The summed E-state index contributed by atoms with van der Waals surface area (Å²) >= 11 is 7.48. The van der Waals surface area contributed by atoms with Gasteiger partial charge in [-0.05, 0) is 73.1 Å². The van der Waals surface area contributed by atoms with E-state index in [9.17, 15) is 0 Å². The second-order valence-corrected chi connectivity index (χ2v) is 6.36. The zero-order valence-electron chi connectivity index (χ0n) is 12.7. The maximum atomic E-state index is 5.93. The number of rotatable bonds is 6. The van der Waals surface area contributed by atoms with E-state index in [0.717, 1.165) is 33.5 Å². The molecule has 0 radical (unpaired) electrons. The van der Waals surface area contributed by atoms with Gasteiger partial charge in [-0.2, -0.15) is 0 Å². The summed E-state index contributed by atoms with van der Waals surface area (Å²) in [5.74, 6) is 0.847. The van der Waals surface area contributed by atoms with Crippen LogP contribution < -0.4 is 10.0 Å². The van der Waals surface area contributed by atoms with E-state index in [1.54, 1.807) is 18.2 Å². The Balaban J connectivity index is 1.85. The molecule has 0 spiro atoms. The Kier molecular flexibility index (Phi) is 5.28. The fourth-order valence-electron chi connectivity index (χ4n) is 2.25. The lowest BCUT2D eigenvalue weighted by molar-refractivity contribution is 0.582. The first-order valence-corrected chi connectivity index (χ1v) is 8.45. The molecule has 0 amide bonds. The Morgan fingerprint density at radius 3 is 2.61 bits per heavy atom. The zero-order valence-corrected chi connectivity index (χ0v) is 14.2. The molecule has 1 heterocycles. The van der Waals surface area contributed by atoms with E-state index in [1.807, 2.05) is 43.4 Å². The molecule has 0 saturated heterocycles. The second kappa shape index (κ2) is 7.59. The van der Waals surface area contributed by atoms with Gasteiger partial charge in [0, 0.05) is 22.0 Å². The van der Waals surface area contributed by atoms with Crippen molar-refractivity contribution in [2.45, 2.75) is 11.4 Å². The molecule has 3 nitrogen and oxygen atoms in total. The zero-order chi connectivity index (χ0) is 16.1. The number of furan rings is 1. The van der Waals surface area contributed by atoms with E-state index in [1.165, 1.54) is 5.56 Å². The summed E-state index contributed by atoms with van der Waals surface area (Å²) < 4.78 is 8.97. The minimum atomic E-state index is 0.738. The van der Waals surface area contributed by atoms with Crippen LogP contribution in [0.1, 0.15) is 5.56 Å². The van der Waals surface area contributed by atoms with Crippen molar-refractivity contribution < 1.29 is 4.42 Å². The quantitative estimate of drug-likeness (QED) is 0.584. The Morgan fingerprint density at radius 2 is 1.91 bits per heavy atom. The van der Waals surface area contributed by atoms with Crippen LogP contribution in [-0.4, -0.2) is 7.05 Å². The summed E-state index contributed by atoms with van der Waals surface area (Å²) in [6.45, 7) is 0.818. The van der Waals surface area contributed by atoms with Crippen LogP contribution in [0.4, 0.5) is 5.69 Å². The van der Waals surface area contributed by atoms with Gasteiger partial charge in [-0.15, -0.1) is 0 Å². The van der Waals surface area contributed by atoms with Gasteiger partial charge in [0.1, 0.15) is 5.76 Å². The van der Waals surface area contributed by atoms with Gasteiger partial charge in [0.2, 0.25) is 0 Å². The number of hydrogen-bond donors (Lipinski definition) is 2. The summed E-state index contributed by atoms with van der Waals surface area (Å²) in [5, 5.41) is 3.91. The van der Waals surface area contributed by atoms with Gasteiger partial charge in [-0.25, -0.2) is 0 Å². The molecule has 2 N–H and O–H groups in total. The highest BCUT2D eigenvalue weighted by Gasteiger charge is 2.09. The Bertz CT molecular complexity index is 757. The van der Waals surface area contributed by atoms with Gasteiger partial charge in [-0.1, -0.05) is 17.7 Å². The summed E-state index contributed by atoms with van der Waals surface area (Å²) in [7, 11) is 1.94. The van der Waals surface area contributed by atoms with Crippen molar-refractivity contribution in [1.82, 2.24) is 5.32 Å².